The van der Waals surface area contributed by atoms with E-state index in [1.807, 2.05) is 0 Å². The summed E-state index contributed by atoms with van der Waals surface area (Å²) >= 11 is 6.02. The molecule has 4 heterocycles. The van der Waals surface area contributed by atoms with Crippen molar-refractivity contribution in [3.63, 3.8) is 0 Å². The molecular weight excluding hydrogens is 534 g/mol. The summed E-state index contributed by atoms with van der Waals surface area (Å²) in [5.74, 6) is -1.23. The third kappa shape index (κ3) is 6.13. The van der Waals surface area contributed by atoms with Crippen LogP contribution in [0.3, 0.4) is 0 Å². The highest BCUT2D eigenvalue weighted by molar-refractivity contribution is 7.70. The van der Waals surface area contributed by atoms with Gasteiger partial charge < -0.3 is 38.6 Å². The smallest absolute Gasteiger partial charge is 0.340 e. The van der Waals surface area contributed by atoms with Crippen LogP contribution in [0.15, 0.2) is 34.3 Å². The summed E-state index contributed by atoms with van der Waals surface area (Å²) in [6.45, 7) is -0.743. The molecule has 0 spiro atoms. The van der Waals surface area contributed by atoms with Crippen LogP contribution in [0.25, 0.3) is 11.0 Å². The number of furan rings is 1. The molecule has 5 atom stereocenters. The molecule has 190 valence electrons. The molecule has 0 radical (unpaired) electrons. The fourth-order valence-corrected chi connectivity index (χ4v) is 5.95. The number of halogens is 1. The number of hydrogen-bond acceptors (Lipinski definition) is 12. The monoisotopic (exact) mass is 552 g/mol. The summed E-state index contributed by atoms with van der Waals surface area (Å²) in [6, 6.07) is 1.68. The van der Waals surface area contributed by atoms with Crippen molar-refractivity contribution in [1.29, 1.82) is 0 Å². The molecule has 19 heteroatoms. The predicted molar refractivity (Wildman–Crippen MR) is 119 cm³/mol. The lowest BCUT2D eigenvalue weighted by Crippen LogP contribution is -2.33. The van der Waals surface area contributed by atoms with Gasteiger partial charge >= 0.3 is 15.2 Å². The second-order valence-corrected chi connectivity index (χ2v) is 11.7. The largest absolute Gasteiger partial charge is 0.472 e. The topological polar surface area (TPSA) is 235 Å². The third-order valence-corrected chi connectivity index (χ3v) is 8.36. The Labute approximate surface area is 200 Å². The van der Waals surface area contributed by atoms with Crippen molar-refractivity contribution in [3.8, 4) is 0 Å². The number of aromatic nitrogens is 4. The molecule has 16 nitrogen and oxygen atoms in total. The van der Waals surface area contributed by atoms with Crippen LogP contribution in [0, 0.1) is 0 Å². The van der Waals surface area contributed by atoms with Gasteiger partial charge in [0.2, 0.25) is 5.28 Å². The zero-order valence-electron chi connectivity index (χ0n) is 17.4. The first-order chi connectivity index (χ1) is 16.4. The molecule has 3 aromatic rings. The van der Waals surface area contributed by atoms with Gasteiger partial charge in [-0.25, -0.2) is 4.68 Å². The lowest BCUT2D eigenvalue weighted by atomic mass is 10.1. The van der Waals surface area contributed by atoms with E-state index in [0.29, 0.717) is 10.9 Å². The molecule has 1 saturated heterocycles. The van der Waals surface area contributed by atoms with Crippen LogP contribution in [-0.4, -0.2) is 81.7 Å². The first kappa shape index (κ1) is 25.9. The fourth-order valence-electron chi connectivity index (χ4n) is 3.22. The minimum atomic E-state index is -4.84. The van der Waals surface area contributed by atoms with Gasteiger partial charge in [-0.05, 0) is 17.7 Å². The summed E-state index contributed by atoms with van der Waals surface area (Å²) in [7, 11) is -9.54. The van der Waals surface area contributed by atoms with Gasteiger partial charge in [-0.3, -0.25) is 14.6 Å². The molecule has 0 bridgehead atoms. The minimum absolute atomic E-state index is 0.109. The number of ether oxygens (including phenoxy) is 1. The van der Waals surface area contributed by atoms with Crippen molar-refractivity contribution in [2.75, 3.05) is 17.9 Å². The molecule has 3 aromatic heterocycles. The minimum Gasteiger partial charge on any atom is -0.472 e. The summed E-state index contributed by atoms with van der Waals surface area (Å²) in [6.07, 6.45) is -0.0628. The second kappa shape index (κ2) is 10.0. The van der Waals surface area contributed by atoms with Crippen LogP contribution < -0.4 is 5.43 Å². The van der Waals surface area contributed by atoms with Crippen LogP contribution in [0.4, 0.5) is 5.82 Å². The van der Waals surface area contributed by atoms with E-state index in [0.717, 1.165) is 4.68 Å². The van der Waals surface area contributed by atoms with E-state index in [-0.39, 0.29) is 16.7 Å². The summed E-state index contributed by atoms with van der Waals surface area (Å²) in [5.41, 5.74) is 3.49. The molecule has 0 saturated carbocycles. The Morgan fingerprint density at radius 1 is 1.26 bits per heavy atom. The summed E-state index contributed by atoms with van der Waals surface area (Å²) in [5, 5.41) is 29.1. The Hall–Kier alpha value is -2.23. The van der Waals surface area contributed by atoms with Gasteiger partial charge in [0, 0.05) is 5.56 Å². The molecule has 35 heavy (non-hydrogen) atoms. The van der Waals surface area contributed by atoms with E-state index in [9.17, 15) is 24.2 Å². The van der Waals surface area contributed by atoms with Gasteiger partial charge in [0.25, 0.3) is 0 Å². The maximum atomic E-state index is 11.9. The zero-order chi connectivity index (χ0) is 25.4. The van der Waals surface area contributed by atoms with Crippen LogP contribution >= 0.6 is 26.8 Å². The van der Waals surface area contributed by atoms with Crippen molar-refractivity contribution >= 4 is 49.9 Å². The van der Waals surface area contributed by atoms with Gasteiger partial charge in [0.15, 0.2) is 23.6 Å². The van der Waals surface area contributed by atoms with Crippen molar-refractivity contribution in [2.24, 2.45) is 5.10 Å². The van der Waals surface area contributed by atoms with E-state index in [1.165, 1.54) is 24.9 Å². The highest BCUT2D eigenvalue weighted by Crippen LogP contribution is 2.55. The number of nitrogens with one attached hydrogen (secondary N) is 1. The van der Waals surface area contributed by atoms with Gasteiger partial charge in [-0.15, -0.1) is 0 Å². The number of nitrogens with zero attached hydrogens (tertiary/aromatic N) is 5. The van der Waals surface area contributed by atoms with Gasteiger partial charge in [-0.1, -0.05) is 0 Å². The van der Waals surface area contributed by atoms with E-state index in [4.69, 9.17) is 30.5 Å². The fraction of sp³-hybridized carbons (Fsp3) is 0.375. The molecular formula is C16H19ClN6O10P2. The van der Waals surface area contributed by atoms with E-state index < -0.39 is 52.2 Å². The average Bonchev–Trinajstić information content (AvgIpc) is 3.46. The van der Waals surface area contributed by atoms with Crippen molar-refractivity contribution < 1.29 is 47.7 Å². The van der Waals surface area contributed by atoms with E-state index in [1.54, 1.807) is 6.07 Å². The maximum absolute atomic E-state index is 11.9. The van der Waals surface area contributed by atoms with Gasteiger partial charge in [0.05, 0.1) is 36.9 Å². The molecule has 0 aliphatic carbocycles. The van der Waals surface area contributed by atoms with Crippen LogP contribution in [0.5, 0.6) is 0 Å². The van der Waals surface area contributed by atoms with E-state index in [2.05, 4.69) is 30.1 Å². The predicted octanol–water partition coefficient (Wildman–Crippen LogP) is 0.475. The lowest BCUT2D eigenvalue weighted by Gasteiger charge is -2.18. The molecule has 4 rings (SSSR count). The second-order valence-electron chi connectivity index (χ2n) is 7.38. The number of aliphatic hydroxyl groups is 2. The Kier molecular flexibility index (Phi) is 7.41. The average molecular weight is 553 g/mol. The first-order valence-corrected chi connectivity index (χ1v) is 13.6. The molecule has 1 fully saturated rings. The highest BCUT2D eigenvalue weighted by atomic mass is 35.5. The third-order valence-electron chi connectivity index (χ3n) is 4.74. The maximum Gasteiger partial charge on any atom is 0.340 e. The van der Waals surface area contributed by atoms with E-state index >= 15 is 0 Å². The van der Waals surface area contributed by atoms with Gasteiger partial charge in [-0.2, -0.15) is 20.2 Å². The number of fused-ring (bicyclic) bond motifs is 1. The molecule has 1 aliphatic rings. The summed E-state index contributed by atoms with van der Waals surface area (Å²) < 4.78 is 39.2. The normalized spacial score (nSPS) is 24.9. The SMILES string of the molecule is O=P(O)(O)CP(=O)(O)OC[C@H]1O[C@@H](n2ncc3c(N/N=C/c4ccoc4)nc(Cl)nc32)[C@H](O)[C@@H]1O. The number of rotatable bonds is 9. The first-order valence-electron chi connectivity index (χ1n) is 9.68. The number of aliphatic hydroxyl groups excluding tert-OH is 2. The molecule has 0 amide bonds. The Morgan fingerprint density at radius 2 is 2.03 bits per heavy atom. The van der Waals surface area contributed by atoms with Crippen LogP contribution in [0.2, 0.25) is 5.28 Å². The standard InChI is InChI=1S/C16H19ClN6O10P2/c17-16-20-13(22-18-3-8-1-2-31-5-8)9-4-19-23(14(9)21-16)15-12(25)11(24)10(33-15)6-32-35(29,30)7-34(26,27)28/h1-5,10-12,15,24-25H,6-7H2,(H,29,30)(H,20,21,22)(H2,26,27,28)/b18-3+/t10-,11-,12-,15-/m1/s1. The summed E-state index contributed by atoms with van der Waals surface area (Å²) in [4.78, 5) is 35.5. The quantitative estimate of drug-likeness (QED) is 0.0916. The van der Waals surface area contributed by atoms with Crippen LogP contribution in [-0.2, 0) is 18.4 Å². The number of hydrogen-bond donors (Lipinski definition) is 6. The van der Waals surface area contributed by atoms with Crippen LogP contribution in [0.1, 0.15) is 11.8 Å². The Morgan fingerprint density at radius 3 is 2.71 bits per heavy atom. The van der Waals surface area contributed by atoms with Crippen molar-refractivity contribution in [3.05, 3.63) is 35.6 Å². The molecule has 0 aromatic carbocycles. The Bertz CT molecular complexity index is 1310. The lowest BCUT2D eigenvalue weighted by molar-refractivity contribution is -0.0541. The van der Waals surface area contributed by atoms with Gasteiger partial charge in [0.1, 0.15) is 18.3 Å². The number of anilines is 1. The highest BCUT2D eigenvalue weighted by Gasteiger charge is 2.46. The molecule has 6 N–H and O–H groups in total. The van der Waals surface area contributed by atoms with Crippen molar-refractivity contribution in [1.82, 2.24) is 19.7 Å². The zero-order valence-corrected chi connectivity index (χ0v) is 19.9. The van der Waals surface area contributed by atoms with Crippen molar-refractivity contribution in [2.45, 2.75) is 24.5 Å². The molecule has 1 aliphatic heterocycles. The molecule has 1 unspecified atom stereocenters. The Balaban J connectivity index is 1.52. The number of hydrazone groups is 1.